The Labute approximate surface area is 122 Å². The number of ether oxygens (including phenoxy) is 2. The first-order chi connectivity index (χ1) is 9.54. The molecule has 0 unspecified atom stereocenters. The molecule has 0 radical (unpaired) electrons. The average Bonchev–Trinajstić information content (AvgIpc) is 2.43. The maximum atomic E-state index is 5.76. The fourth-order valence-electron chi connectivity index (χ4n) is 1.76. The molecule has 1 aromatic heterocycles. The van der Waals surface area contributed by atoms with Crippen molar-refractivity contribution < 1.29 is 9.47 Å². The second-order valence-electron chi connectivity index (χ2n) is 4.21. The van der Waals surface area contributed by atoms with Crippen molar-refractivity contribution in [2.75, 3.05) is 7.11 Å². The number of hydrogen-bond donors (Lipinski definition) is 1. The summed E-state index contributed by atoms with van der Waals surface area (Å²) in [6.45, 7) is 3.73. The Hall–Kier alpha value is -2.21. The molecule has 2 aromatic rings. The Bertz CT molecular complexity index is 659. The van der Waals surface area contributed by atoms with Gasteiger partial charge in [0.25, 0.3) is 0 Å². The van der Waals surface area contributed by atoms with E-state index in [-0.39, 0.29) is 10.9 Å². The fraction of sp³-hybridized carbons (Fsp3) is 0.214. The van der Waals surface area contributed by atoms with E-state index in [2.05, 4.69) is 10.2 Å². The van der Waals surface area contributed by atoms with E-state index in [1.54, 1.807) is 19.2 Å². The van der Waals surface area contributed by atoms with Crippen LogP contribution in [0.1, 0.15) is 16.8 Å². The van der Waals surface area contributed by atoms with Gasteiger partial charge in [-0.25, -0.2) is 0 Å². The number of aryl methyl sites for hydroxylation is 1. The quantitative estimate of drug-likeness (QED) is 0.872. The summed E-state index contributed by atoms with van der Waals surface area (Å²) in [6.07, 6.45) is 0. The lowest BCUT2D eigenvalue weighted by atomic mass is 10.1. The third-order valence-corrected chi connectivity index (χ3v) is 3.15. The topological polar surface area (TPSA) is 70.3 Å². The minimum absolute atomic E-state index is 0.227. The van der Waals surface area contributed by atoms with Crippen molar-refractivity contribution in [1.29, 1.82) is 0 Å². The van der Waals surface area contributed by atoms with E-state index in [0.717, 1.165) is 11.3 Å². The first-order valence-electron chi connectivity index (χ1n) is 5.99. The number of thiocarbonyl (C=S) groups is 1. The van der Waals surface area contributed by atoms with Crippen molar-refractivity contribution in [3.63, 3.8) is 0 Å². The molecule has 5 nitrogen and oxygen atoms in total. The molecule has 0 aliphatic carbocycles. The van der Waals surface area contributed by atoms with Crippen molar-refractivity contribution in [2.24, 2.45) is 5.73 Å². The van der Waals surface area contributed by atoms with E-state index >= 15 is 0 Å². The highest BCUT2D eigenvalue weighted by Crippen LogP contribution is 2.32. The molecular formula is C14H15N3O2S. The minimum Gasteiger partial charge on any atom is -0.493 e. The molecule has 2 N–H and O–H groups in total. The van der Waals surface area contributed by atoms with E-state index < -0.39 is 0 Å². The average molecular weight is 289 g/mol. The van der Waals surface area contributed by atoms with Crippen LogP contribution < -0.4 is 15.2 Å². The number of hydrogen-bond acceptors (Lipinski definition) is 5. The number of methoxy groups -OCH3 is 1. The summed E-state index contributed by atoms with van der Waals surface area (Å²) in [4.78, 5) is 0.227. The SMILES string of the molecule is COc1ccccc1Oc1nnc(C)c(C)c1C(N)=S. The summed E-state index contributed by atoms with van der Waals surface area (Å²) in [7, 11) is 1.57. The van der Waals surface area contributed by atoms with Gasteiger partial charge in [0.1, 0.15) is 4.99 Å². The van der Waals surface area contributed by atoms with Crippen molar-refractivity contribution in [3.8, 4) is 17.4 Å². The highest BCUT2D eigenvalue weighted by Gasteiger charge is 2.16. The zero-order chi connectivity index (χ0) is 14.7. The Balaban J connectivity index is 2.49. The summed E-state index contributed by atoms with van der Waals surface area (Å²) >= 11 is 5.07. The van der Waals surface area contributed by atoms with Crippen molar-refractivity contribution in [3.05, 3.63) is 41.1 Å². The number of para-hydroxylation sites is 2. The number of nitrogens with two attached hydrogens (primary N) is 1. The first kappa shape index (κ1) is 14.2. The maximum Gasteiger partial charge on any atom is 0.249 e. The smallest absolute Gasteiger partial charge is 0.249 e. The largest absolute Gasteiger partial charge is 0.493 e. The summed E-state index contributed by atoms with van der Waals surface area (Å²) in [6, 6.07) is 7.27. The van der Waals surface area contributed by atoms with Crippen LogP contribution in [0.4, 0.5) is 0 Å². The van der Waals surface area contributed by atoms with E-state index in [0.29, 0.717) is 17.1 Å². The van der Waals surface area contributed by atoms with Gasteiger partial charge in [-0.05, 0) is 31.5 Å². The molecule has 0 amide bonds. The van der Waals surface area contributed by atoms with Crippen LogP contribution in [0.15, 0.2) is 24.3 Å². The Morgan fingerprint density at radius 1 is 1.15 bits per heavy atom. The summed E-state index contributed by atoms with van der Waals surface area (Å²) < 4.78 is 11.0. The van der Waals surface area contributed by atoms with Crippen LogP contribution in [0.25, 0.3) is 0 Å². The maximum absolute atomic E-state index is 5.76. The van der Waals surface area contributed by atoms with Gasteiger partial charge in [0, 0.05) is 0 Å². The molecule has 1 aromatic carbocycles. The zero-order valence-electron chi connectivity index (χ0n) is 11.5. The highest BCUT2D eigenvalue weighted by atomic mass is 32.1. The predicted molar refractivity (Wildman–Crippen MR) is 80.5 cm³/mol. The van der Waals surface area contributed by atoms with E-state index in [9.17, 15) is 0 Å². The Morgan fingerprint density at radius 2 is 1.80 bits per heavy atom. The third kappa shape index (κ3) is 2.70. The molecule has 104 valence electrons. The van der Waals surface area contributed by atoms with Crippen LogP contribution in [-0.2, 0) is 0 Å². The van der Waals surface area contributed by atoms with Gasteiger partial charge in [-0.3, -0.25) is 0 Å². The number of nitrogens with zero attached hydrogens (tertiary/aromatic N) is 2. The van der Waals surface area contributed by atoms with E-state index in [1.165, 1.54) is 0 Å². The van der Waals surface area contributed by atoms with Gasteiger partial charge in [0.15, 0.2) is 11.5 Å². The molecule has 0 bridgehead atoms. The molecule has 2 rings (SSSR count). The second kappa shape index (κ2) is 5.83. The Kier molecular flexibility index (Phi) is 4.14. The van der Waals surface area contributed by atoms with Gasteiger partial charge >= 0.3 is 0 Å². The second-order valence-corrected chi connectivity index (χ2v) is 4.65. The van der Waals surface area contributed by atoms with Crippen LogP contribution in [-0.4, -0.2) is 22.3 Å². The van der Waals surface area contributed by atoms with Crippen molar-refractivity contribution >= 4 is 17.2 Å². The molecule has 0 spiro atoms. The molecule has 0 fully saturated rings. The lowest BCUT2D eigenvalue weighted by Gasteiger charge is -2.13. The van der Waals surface area contributed by atoms with Crippen LogP contribution in [0, 0.1) is 13.8 Å². The minimum atomic E-state index is 0.227. The summed E-state index contributed by atoms with van der Waals surface area (Å²) in [5.74, 6) is 1.41. The first-order valence-corrected chi connectivity index (χ1v) is 6.40. The molecule has 6 heteroatoms. The van der Waals surface area contributed by atoms with Crippen LogP contribution in [0.3, 0.4) is 0 Å². The summed E-state index contributed by atoms with van der Waals surface area (Å²) in [5, 5.41) is 8.08. The number of benzene rings is 1. The lowest BCUT2D eigenvalue weighted by molar-refractivity contribution is 0.372. The van der Waals surface area contributed by atoms with Crippen LogP contribution in [0.2, 0.25) is 0 Å². The van der Waals surface area contributed by atoms with Crippen molar-refractivity contribution in [2.45, 2.75) is 13.8 Å². The van der Waals surface area contributed by atoms with Gasteiger partial charge in [-0.2, -0.15) is 5.10 Å². The standard InChI is InChI=1S/C14H15N3O2S/c1-8-9(2)16-17-14(12(8)13(15)20)19-11-7-5-4-6-10(11)18-3/h4-7H,1-3H3,(H2,15,20). The molecule has 0 aliphatic rings. The zero-order valence-corrected chi connectivity index (χ0v) is 12.3. The molecule has 0 aliphatic heterocycles. The molecular weight excluding hydrogens is 274 g/mol. The highest BCUT2D eigenvalue weighted by molar-refractivity contribution is 7.80. The number of rotatable bonds is 4. The number of aromatic nitrogens is 2. The summed E-state index contributed by atoms with van der Waals surface area (Å²) in [5.41, 5.74) is 7.98. The van der Waals surface area contributed by atoms with Gasteiger partial charge < -0.3 is 15.2 Å². The van der Waals surface area contributed by atoms with Gasteiger partial charge in [0.05, 0.1) is 18.4 Å². The molecule has 1 heterocycles. The van der Waals surface area contributed by atoms with Crippen LogP contribution >= 0.6 is 12.2 Å². The lowest BCUT2D eigenvalue weighted by Crippen LogP contribution is -2.15. The molecule has 0 atom stereocenters. The molecule has 0 saturated carbocycles. The van der Waals surface area contributed by atoms with Gasteiger partial charge in [-0.15, -0.1) is 5.10 Å². The Morgan fingerprint density at radius 3 is 2.40 bits per heavy atom. The normalized spacial score (nSPS) is 10.2. The predicted octanol–water partition coefficient (Wildman–Crippen LogP) is 2.53. The van der Waals surface area contributed by atoms with E-state index in [4.69, 9.17) is 27.4 Å². The van der Waals surface area contributed by atoms with Gasteiger partial charge in [-0.1, -0.05) is 24.4 Å². The molecule has 20 heavy (non-hydrogen) atoms. The van der Waals surface area contributed by atoms with Crippen LogP contribution in [0.5, 0.6) is 17.4 Å². The van der Waals surface area contributed by atoms with Gasteiger partial charge in [0.2, 0.25) is 5.88 Å². The fourth-order valence-corrected chi connectivity index (χ4v) is 2.00. The molecule has 0 saturated heterocycles. The van der Waals surface area contributed by atoms with Crippen molar-refractivity contribution in [1.82, 2.24) is 10.2 Å². The van der Waals surface area contributed by atoms with E-state index in [1.807, 2.05) is 26.0 Å². The third-order valence-electron chi connectivity index (χ3n) is 2.94. The monoisotopic (exact) mass is 289 g/mol.